The summed E-state index contributed by atoms with van der Waals surface area (Å²) >= 11 is 1.40. The molecule has 2 N–H and O–H groups in total. The van der Waals surface area contributed by atoms with Crippen molar-refractivity contribution in [1.29, 1.82) is 0 Å². The molecule has 1 saturated carbocycles. The van der Waals surface area contributed by atoms with Crippen molar-refractivity contribution in [3.63, 3.8) is 0 Å². The number of nitrogens with one attached hydrogen (secondary N) is 1. The topological polar surface area (TPSA) is 99.6 Å². The van der Waals surface area contributed by atoms with Gasteiger partial charge in [0.15, 0.2) is 5.13 Å². The number of carboxylic acid groups (broad SMARTS) is 1. The fourth-order valence-corrected chi connectivity index (χ4v) is 5.01. The molecule has 2 heterocycles. The molecule has 5 rings (SSSR count). The molecule has 36 heavy (non-hydrogen) atoms. The van der Waals surface area contributed by atoms with Crippen LogP contribution in [0.3, 0.4) is 0 Å². The summed E-state index contributed by atoms with van der Waals surface area (Å²) in [7, 11) is 0. The Labute approximate surface area is 206 Å². The lowest BCUT2D eigenvalue weighted by Crippen LogP contribution is -2.25. The van der Waals surface area contributed by atoms with Crippen molar-refractivity contribution < 1.29 is 37.1 Å². The second-order valence-electron chi connectivity index (χ2n) is 8.53. The summed E-state index contributed by atoms with van der Waals surface area (Å²) in [6, 6.07) is 10.1. The lowest BCUT2D eigenvalue weighted by Gasteiger charge is -2.17. The summed E-state index contributed by atoms with van der Waals surface area (Å²) in [4.78, 5) is 39.1. The van der Waals surface area contributed by atoms with Gasteiger partial charge in [-0.25, -0.2) is 14.2 Å². The highest BCUT2D eigenvalue weighted by Gasteiger charge is 2.44. The van der Waals surface area contributed by atoms with Gasteiger partial charge >= 0.3 is 12.1 Å². The van der Waals surface area contributed by atoms with Gasteiger partial charge in [-0.05, 0) is 60.2 Å². The third kappa shape index (κ3) is 5.18. The van der Waals surface area contributed by atoms with Gasteiger partial charge in [-0.2, -0.15) is 13.2 Å². The van der Waals surface area contributed by atoms with Gasteiger partial charge < -0.3 is 15.3 Å². The Morgan fingerprint density at radius 1 is 1.19 bits per heavy atom. The van der Waals surface area contributed by atoms with Crippen LogP contribution in [0.1, 0.15) is 24.5 Å². The Balaban J connectivity index is 0.000000384. The molecule has 0 unspecified atom stereocenters. The number of aliphatic carboxylic acids is 1. The number of halogens is 4. The molecule has 1 fully saturated rings. The maximum absolute atomic E-state index is 13.1. The second kappa shape index (κ2) is 9.49. The number of hydrogen-bond acceptors (Lipinski definition) is 5. The van der Waals surface area contributed by atoms with E-state index in [1.807, 2.05) is 23.1 Å². The van der Waals surface area contributed by atoms with Gasteiger partial charge in [0.05, 0.1) is 16.1 Å². The summed E-state index contributed by atoms with van der Waals surface area (Å²) in [5, 5.41) is 10.4. The van der Waals surface area contributed by atoms with Crippen molar-refractivity contribution in [3.05, 3.63) is 41.5 Å². The van der Waals surface area contributed by atoms with Crippen molar-refractivity contribution in [2.75, 3.05) is 16.8 Å². The third-order valence-electron chi connectivity index (χ3n) is 5.95. The Morgan fingerprint density at radius 3 is 2.44 bits per heavy atom. The van der Waals surface area contributed by atoms with Crippen molar-refractivity contribution in [3.8, 4) is 11.1 Å². The molecule has 2 atom stereocenters. The average Bonchev–Trinajstić information content (AvgIpc) is 3.18. The summed E-state index contributed by atoms with van der Waals surface area (Å²) < 4.78 is 45.8. The summed E-state index contributed by atoms with van der Waals surface area (Å²) in [6.07, 6.45) is -4.97. The van der Waals surface area contributed by atoms with Crippen LogP contribution < -0.4 is 10.2 Å². The molecule has 2 aliphatic rings. The first-order chi connectivity index (χ1) is 16.9. The monoisotopic (exact) mass is 523 g/mol. The molecule has 7 nitrogen and oxygen atoms in total. The smallest absolute Gasteiger partial charge is 0.475 e. The first-order valence-electron chi connectivity index (χ1n) is 10.9. The SMILES string of the molecule is CC(=O)N1CCc2c1ccc(C)c2-c1ccc2nc(NC(=O)[C@@H]3C[C@@H]3F)sc2c1.O=C(O)C(F)(F)F. The lowest BCUT2D eigenvalue weighted by atomic mass is 9.93. The van der Waals surface area contributed by atoms with E-state index in [4.69, 9.17) is 9.90 Å². The summed E-state index contributed by atoms with van der Waals surface area (Å²) in [5.41, 5.74) is 6.38. The van der Waals surface area contributed by atoms with Crippen LogP contribution in [-0.4, -0.2) is 46.8 Å². The van der Waals surface area contributed by atoms with Gasteiger partial charge in [0.2, 0.25) is 11.8 Å². The Hall–Kier alpha value is -3.54. The van der Waals surface area contributed by atoms with Gasteiger partial charge in [0.1, 0.15) is 6.17 Å². The zero-order valence-electron chi connectivity index (χ0n) is 19.1. The van der Waals surface area contributed by atoms with E-state index in [2.05, 4.69) is 29.4 Å². The molecule has 3 aromatic rings. The van der Waals surface area contributed by atoms with Crippen molar-refractivity contribution in [1.82, 2.24) is 4.98 Å². The Bertz CT molecular complexity index is 1370. The molecular weight excluding hydrogens is 502 g/mol. The maximum Gasteiger partial charge on any atom is 0.490 e. The normalized spacial score (nSPS) is 18.3. The van der Waals surface area contributed by atoms with Crippen molar-refractivity contribution >= 4 is 50.2 Å². The number of aryl methyl sites for hydroxylation is 1. The molecule has 0 bridgehead atoms. The van der Waals surface area contributed by atoms with Gasteiger partial charge in [0, 0.05) is 19.2 Å². The standard InChI is InChI=1S/C22H20FN3O2S.C2HF3O2/c1-11-3-6-18-14(7-8-26(18)12(2)27)20(11)13-4-5-17-19(9-13)29-22(24-17)25-21(28)15-10-16(15)23;3-2(4,5)1(6)7/h3-6,9,15-16H,7-8,10H2,1-2H3,(H,24,25,28);(H,6,7)/t15-,16+;/m1./s1. The molecule has 1 aromatic heterocycles. The van der Waals surface area contributed by atoms with E-state index in [-0.39, 0.29) is 11.8 Å². The predicted molar refractivity (Wildman–Crippen MR) is 127 cm³/mol. The lowest BCUT2D eigenvalue weighted by molar-refractivity contribution is -0.192. The molecule has 0 spiro atoms. The number of fused-ring (bicyclic) bond motifs is 2. The molecule has 1 aliphatic carbocycles. The zero-order valence-corrected chi connectivity index (χ0v) is 20.0. The minimum absolute atomic E-state index is 0.0584. The predicted octanol–water partition coefficient (Wildman–Crippen LogP) is 5.11. The van der Waals surface area contributed by atoms with Crippen LogP contribution in [0.2, 0.25) is 0 Å². The number of hydrogen-bond donors (Lipinski definition) is 2. The number of thiazole rings is 1. The number of carbonyl (C=O) groups excluding carboxylic acids is 2. The second-order valence-corrected chi connectivity index (χ2v) is 9.56. The van der Waals surface area contributed by atoms with E-state index < -0.39 is 24.2 Å². The number of anilines is 2. The first kappa shape index (κ1) is 25.5. The van der Waals surface area contributed by atoms with Gasteiger partial charge in [-0.15, -0.1) is 0 Å². The van der Waals surface area contributed by atoms with Crippen molar-refractivity contribution in [2.45, 2.75) is 39.0 Å². The number of aromatic nitrogens is 1. The number of rotatable bonds is 3. The van der Waals surface area contributed by atoms with E-state index in [1.54, 1.807) is 6.92 Å². The minimum atomic E-state index is -5.08. The number of carboxylic acids is 1. The van der Waals surface area contributed by atoms with Gasteiger partial charge in [0.25, 0.3) is 0 Å². The zero-order chi connectivity index (χ0) is 26.4. The molecule has 190 valence electrons. The van der Waals surface area contributed by atoms with E-state index in [1.165, 1.54) is 16.9 Å². The third-order valence-corrected chi connectivity index (χ3v) is 6.89. The number of carbonyl (C=O) groups is 3. The van der Waals surface area contributed by atoms with Crippen LogP contribution in [0.5, 0.6) is 0 Å². The quantitative estimate of drug-likeness (QED) is 0.465. The molecule has 0 radical (unpaired) electrons. The van der Waals surface area contributed by atoms with Crippen LogP contribution >= 0.6 is 11.3 Å². The number of benzene rings is 2. The fourth-order valence-electron chi connectivity index (χ4n) is 4.10. The summed E-state index contributed by atoms with van der Waals surface area (Å²) in [6.45, 7) is 4.38. The number of alkyl halides is 4. The van der Waals surface area contributed by atoms with Crippen LogP contribution in [0.15, 0.2) is 30.3 Å². The highest BCUT2D eigenvalue weighted by molar-refractivity contribution is 7.22. The van der Waals surface area contributed by atoms with E-state index in [9.17, 15) is 27.2 Å². The molecule has 2 amide bonds. The molecular formula is C24H21F4N3O4S. The average molecular weight is 524 g/mol. The van der Waals surface area contributed by atoms with Gasteiger partial charge in [-0.3, -0.25) is 9.59 Å². The van der Waals surface area contributed by atoms with Crippen LogP contribution in [0.25, 0.3) is 21.3 Å². The fraction of sp³-hybridized carbons (Fsp3) is 0.333. The Kier molecular flexibility index (Phi) is 6.74. The molecule has 2 aromatic carbocycles. The van der Waals surface area contributed by atoms with E-state index in [0.717, 1.165) is 39.0 Å². The molecule has 0 saturated heterocycles. The molecule has 1 aliphatic heterocycles. The molecule has 12 heteroatoms. The highest BCUT2D eigenvalue weighted by Crippen LogP contribution is 2.40. The van der Waals surface area contributed by atoms with Crippen LogP contribution in [-0.2, 0) is 20.8 Å². The van der Waals surface area contributed by atoms with Crippen LogP contribution in [0.4, 0.5) is 28.4 Å². The number of amides is 2. The highest BCUT2D eigenvalue weighted by atomic mass is 32.1. The maximum atomic E-state index is 13.1. The van der Waals surface area contributed by atoms with E-state index in [0.29, 0.717) is 18.1 Å². The van der Waals surface area contributed by atoms with Crippen LogP contribution in [0, 0.1) is 12.8 Å². The largest absolute Gasteiger partial charge is 0.490 e. The number of nitrogens with zero attached hydrogens (tertiary/aromatic N) is 2. The van der Waals surface area contributed by atoms with E-state index >= 15 is 0 Å². The summed E-state index contributed by atoms with van der Waals surface area (Å²) in [5.74, 6) is -3.52. The van der Waals surface area contributed by atoms with Crippen molar-refractivity contribution in [2.24, 2.45) is 5.92 Å². The van der Waals surface area contributed by atoms with Gasteiger partial charge in [-0.1, -0.05) is 23.5 Å². The Morgan fingerprint density at radius 2 is 1.86 bits per heavy atom. The first-order valence-corrected chi connectivity index (χ1v) is 11.7. The minimum Gasteiger partial charge on any atom is -0.475 e.